The Labute approximate surface area is 117 Å². The second-order valence-electron chi connectivity index (χ2n) is 5.94. The summed E-state index contributed by atoms with van der Waals surface area (Å²) < 4.78 is 0. The molecule has 0 amide bonds. The van der Waals surface area contributed by atoms with Crippen LogP contribution in [0.25, 0.3) is 0 Å². The van der Waals surface area contributed by atoms with Gasteiger partial charge >= 0.3 is 0 Å². The van der Waals surface area contributed by atoms with Gasteiger partial charge in [-0.25, -0.2) is 0 Å². The second-order valence-corrected chi connectivity index (χ2v) is 6.93. The fourth-order valence-electron chi connectivity index (χ4n) is 2.22. The van der Waals surface area contributed by atoms with E-state index in [2.05, 4.69) is 64.5 Å². The molecule has 1 aromatic rings. The predicted molar refractivity (Wildman–Crippen MR) is 84.7 cm³/mol. The molecule has 1 atom stereocenters. The molecule has 0 aliphatic heterocycles. The van der Waals surface area contributed by atoms with Crippen LogP contribution >= 0.6 is 11.8 Å². The van der Waals surface area contributed by atoms with Crippen LogP contribution in [0.3, 0.4) is 0 Å². The van der Waals surface area contributed by atoms with Gasteiger partial charge in [0, 0.05) is 6.04 Å². The minimum Gasteiger partial charge on any atom is -0.313 e. The maximum absolute atomic E-state index is 3.44. The maximum Gasteiger partial charge on any atom is 0.0328 e. The number of aryl methyl sites for hydroxylation is 1. The average molecular weight is 265 g/mol. The van der Waals surface area contributed by atoms with Crippen LogP contribution in [0.4, 0.5) is 0 Å². The van der Waals surface area contributed by atoms with Gasteiger partial charge in [-0.1, -0.05) is 39.0 Å². The molecule has 0 saturated carbocycles. The lowest BCUT2D eigenvalue weighted by Gasteiger charge is -2.23. The summed E-state index contributed by atoms with van der Waals surface area (Å²) in [4.78, 5) is 0. The van der Waals surface area contributed by atoms with Crippen molar-refractivity contribution in [3.63, 3.8) is 0 Å². The SMILES string of the molecule is CNC(CCSC)c1ccc(C(C)(C)C)cc1C. The summed E-state index contributed by atoms with van der Waals surface area (Å²) >= 11 is 1.91. The summed E-state index contributed by atoms with van der Waals surface area (Å²) in [7, 11) is 2.06. The Kier molecular flexibility index (Phi) is 5.74. The Bertz CT molecular complexity index is 379. The monoisotopic (exact) mass is 265 g/mol. The average Bonchev–Trinajstić information content (AvgIpc) is 2.30. The molecule has 0 heterocycles. The van der Waals surface area contributed by atoms with Gasteiger partial charge in [0.15, 0.2) is 0 Å². The zero-order valence-electron chi connectivity index (χ0n) is 12.6. The summed E-state index contributed by atoms with van der Waals surface area (Å²) in [6.07, 6.45) is 3.36. The Hall–Kier alpha value is -0.470. The molecule has 1 unspecified atom stereocenters. The van der Waals surface area contributed by atoms with E-state index in [1.807, 2.05) is 11.8 Å². The molecule has 0 bridgehead atoms. The lowest BCUT2D eigenvalue weighted by Crippen LogP contribution is -2.19. The molecular weight excluding hydrogens is 238 g/mol. The van der Waals surface area contributed by atoms with Gasteiger partial charge in [-0.05, 0) is 54.5 Å². The number of hydrogen-bond donors (Lipinski definition) is 1. The van der Waals surface area contributed by atoms with E-state index in [-0.39, 0.29) is 5.41 Å². The molecule has 0 aliphatic carbocycles. The smallest absolute Gasteiger partial charge is 0.0328 e. The van der Waals surface area contributed by atoms with E-state index >= 15 is 0 Å². The predicted octanol–water partition coefficient (Wildman–Crippen LogP) is 4.31. The van der Waals surface area contributed by atoms with Crippen molar-refractivity contribution in [2.75, 3.05) is 19.1 Å². The summed E-state index contributed by atoms with van der Waals surface area (Å²) in [5.74, 6) is 1.20. The van der Waals surface area contributed by atoms with Gasteiger partial charge in [0.1, 0.15) is 0 Å². The Morgan fingerprint density at radius 3 is 2.39 bits per heavy atom. The highest BCUT2D eigenvalue weighted by atomic mass is 32.2. The maximum atomic E-state index is 3.44. The van der Waals surface area contributed by atoms with E-state index in [1.54, 1.807) is 0 Å². The van der Waals surface area contributed by atoms with E-state index in [1.165, 1.54) is 28.9 Å². The molecule has 0 fully saturated rings. The van der Waals surface area contributed by atoms with Gasteiger partial charge in [0.05, 0.1) is 0 Å². The first-order valence-electron chi connectivity index (χ1n) is 6.67. The lowest BCUT2D eigenvalue weighted by atomic mass is 9.84. The van der Waals surface area contributed by atoms with Crippen molar-refractivity contribution in [3.8, 4) is 0 Å². The molecule has 0 spiro atoms. The van der Waals surface area contributed by atoms with Crippen molar-refractivity contribution < 1.29 is 0 Å². The molecule has 0 radical (unpaired) electrons. The molecular formula is C16H27NS. The molecule has 0 saturated heterocycles. The first kappa shape index (κ1) is 15.6. The standard InChI is InChI=1S/C16H27NS/c1-12-11-13(16(2,3)4)7-8-14(12)15(17-5)9-10-18-6/h7-8,11,15,17H,9-10H2,1-6H3. The molecule has 1 rings (SSSR count). The summed E-state index contributed by atoms with van der Waals surface area (Å²) in [6, 6.07) is 7.41. The number of nitrogens with one attached hydrogen (secondary N) is 1. The summed E-state index contributed by atoms with van der Waals surface area (Å²) in [5, 5.41) is 3.44. The van der Waals surface area contributed by atoms with E-state index in [0.29, 0.717) is 6.04 Å². The first-order chi connectivity index (χ1) is 8.40. The largest absolute Gasteiger partial charge is 0.313 e. The Balaban J connectivity index is 2.96. The lowest BCUT2D eigenvalue weighted by molar-refractivity contribution is 0.570. The molecule has 1 aromatic carbocycles. The number of hydrogen-bond acceptors (Lipinski definition) is 2. The van der Waals surface area contributed by atoms with E-state index in [9.17, 15) is 0 Å². The zero-order valence-corrected chi connectivity index (χ0v) is 13.4. The van der Waals surface area contributed by atoms with Gasteiger partial charge in [-0.2, -0.15) is 11.8 Å². The van der Waals surface area contributed by atoms with Crippen LogP contribution in [0, 0.1) is 6.92 Å². The first-order valence-corrected chi connectivity index (χ1v) is 8.06. The second kappa shape index (κ2) is 6.63. The number of benzene rings is 1. The molecule has 18 heavy (non-hydrogen) atoms. The third-order valence-corrected chi connectivity index (χ3v) is 4.11. The topological polar surface area (TPSA) is 12.0 Å². The van der Waals surface area contributed by atoms with Gasteiger partial charge in [-0.3, -0.25) is 0 Å². The molecule has 1 N–H and O–H groups in total. The normalized spacial score (nSPS) is 13.7. The highest BCUT2D eigenvalue weighted by Crippen LogP contribution is 2.28. The molecule has 2 heteroatoms. The number of rotatable bonds is 5. The van der Waals surface area contributed by atoms with Crippen LogP contribution in [0.5, 0.6) is 0 Å². The van der Waals surface area contributed by atoms with Crippen LogP contribution in [0.2, 0.25) is 0 Å². The minimum atomic E-state index is 0.234. The fourth-order valence-corrected chi connectivity index (χ4v) is 2.70. The van der Waals surface area contributed by atoms with E-state index in [4.69, 9.17) is 0 Å². The minimum absolute atomic E-state index is 0.234. The molecule has 0 aliphatic rings. The van der Waals surface area contributed by atoms with Crippen molar-refractivity contribution in [3.05, 3.63) is 34.9 Å². The van der Waals surface area contributed by atoms with E-state index < -0.39 is 0 Å². The van der Waals surface area contributed by atoms with Crippen molar-refractivity contribution in [2.24, 2.45) is 0 Å². The van der Waals surface area contributed by atoms with Crippen LogP contribution in [-0.2, 0) is 5.41 Å². The van der Waals surface area contributed by atoms with Gasteiger partial charge in [0.2, 0.25) is 0 Å². The van der Waals surface area contributed by atoms with Crippen LogP contribution < -0.4 is 5.32 Å². The van der Waals surface area contributed by atoms with Crippen molar-refractivity contribution in [2.45, 2.75) is 45.6 Å². The van der Waals surface area contributed by atoms with Crippen molar-refractivity contribution >= 4 is 11.8 Å². The Morgan fingerprint density at radius 1 is 1.28 bits per heavy atom. The molecule has 0 aromatic heterocycles. The van der Waals surface area contributed by atoms with Crippen LogP contribution in [0.15, 0.2) is 18.2 Å². The third kappa shape index (κ3) is 4.03. The summed E-state index contributed by atoms with van der Waals surface area (Å²) in [6.45, 7) is 9.04. The summed E-state index contributed by atoms with van der Waals surface area (Å²) in [5.41, 5.74) is 4.50. The van der Waals surface area contributed by atoms with Gasteiger partial charge in [-0.15, -0.1) is 0 Å². The van der Waals surface area contributed by atoms with Crippen molar-refractivity contribution in [1.29, 1.82) is 0 Å². The third-order valence-electron chi connectivity index (χ3n) is 3.47. The van der Waals surface area contributed by atoms with Gasteiger partial charge < -0.3 is 5.32 Å². The highest BCUT2D eigenvalue weighted by Gasteiger charge is 2.17. The fraction of sp³-hybridized carbons (Fsp3) is 0.625. The number of thioether (sulfide) groups is 1. The van der Waals surface area contributed by atoms with Crippen LogP contribution in [0.1, 0.15) is 49.9 Å². The van der Waals surface area contributed by atoms with E-state index in [0.717, 1.165) is 0 Å². The van der Waals surface area contributed by atoms with Crippen molar-refractivity contribution in [1.82, 2.24) is 5.32 Å². The highest BCUT2D eigenvalue weighted by molar-refractivity contribution is 7.98. The zero-order chi connectivity index (χ0) is 13.8. The quantitative estimate of drug-likeness (QED) is 0.851. The van der Waals surface area contributed by atoms with Crippen LogP contribution in [-0.4, -0.2) is 19.1 Å². The molecule has 1 nitrogen and oxygen atoms in total. The molecule has 102 valence electrons. The Morgan fingerprint density at radius 2 is 1.94 bits per heavy atom. The van der Waals surface area contributed by atoms with Gasteiger partial charge in [0.25, 0.3) is 0 Å².